The van der Waals surface area contributed by atoms with Crippen molar-refractivity contribution in [2.75, 3.05) is 14.2 Å². The molecule has 29 heavy (non-hydrogen) atoms. The van der Waals surface area contributed by atoms with Crippen LogP contribution in [0.4, 0.5) is 0 Å². The first kappa shape index (κ1) is 20.3. The highest BCUT2D eigenvalue weighted by Gasteiger charge is 2.55. The minimum absolute atomic E-state index is 0.0253. The number of nitrogens with zero attached hydrogens (tertiary/aromatic N) is 3. The van der Waals surface area contributed by atoms with E-state index in [0.29, 0.717) is 23.0 Å². The molecule has 0 saturated heterocycles. The summed E-state index contributed by atoms with van der Waals surface area (Å²) in [4.78, 5) is 0. The van der Waals surface area contributed by atoms with Crippen LogP contribution in [0, 0.1) is 51.2 Å². The van der Waals surface area contributed by atoms with E-state index < -0.39 is 11.3 Å². The minimum atomic E-state index is -1.66. The second-order valence-electron chi connectivity index (χ2n) is 7.53. The summed E-state index contributed by atoms with van der Waals surface area (Å²) in [6, 6.07) is 11.9. The molecule has 0 amide bonds. The van der Waals surface area contributed by atoms with Crippen molar-refractivity contribution in [3.8, 4) is 29.7 Å². The van der Waals surface area contributed by atoms with E-state index in [1.165, 1.54) is 0 Å². The quantitative estimate of drug-likeness (QED) is 0.835. The topological polar surface area (TPSA) is 116 Å². The fourth-order valence-corrected chi connectivity index (χ4v) is 4.73. The van der Waals surface area contributed by atoms with E-state index in [-0.39, 0.29) is 17.2 Å². The van der Waals surface area contributed by atoms with Crippen molar-refractivity contribution in [3.63, 3.8) is 0 Å². The SMILES string of the molecule is CC[C@@H]1CC=C2C(C#N)=C(N)C(C#N)(C#N)[C@H](c3cc(OC)ccc3OC)[C@@H]2C1. The lowest BCUT2D eigenvalue weighted by atomic mass is 9.55. The van der Waals surface area contributed by atoms with Gasteiger partial charge in [0.25, 0.3) is 0 Å². The average Bonchev–Trinajstić information content (AvgIpc) is 2.77. The Morgan fingerprint density at radius 1 is 1.17 bits per heavy atom. The summed E-state index contributed by atoms with van der Waals surface area (Å²) in [6.45, 7) is 2.13. The van der Waals surface area contributed by atoms with Gasteiger partial charge in [-0.1, -0.05) is 19.4 Å². The standard InChI is InChI=1S/C23H24N4O2/c1-4-14-5-7-16-17(9-14)21(18-10-15(28-2)6-8-20(18)29-3)23(12-25,13-26)22(27)19(16)11-24/h6-8,10,14,17,21H,4-5,9,27H2,1-3H3/t14-,17-,21+/m1/s1. The van der Waals surface area contributed by atoms with Gasteiger partial charge in [-0.15, -0.1) is 0 Å². The molecule has 1 aromatic carbocycles. The fourth-order valence-electron chi connectivity index (χ4n) is 4.73. The van der Waals surface area contributed by atoms with Crippen LogP contribution in [0.3, 0.4) is 0 Å². The van der Waals surface area contributed by atoms with Gasteiger partial charge in [0.1, 0.15) is 17.6 Å². The van der Waals surface area contributed by atoms with Crippen LogP contribution < -0.4 is 15.2 Å². The van der Waals surface area contributed by atoms with Crippen molar-refractivity contribution in [2.24, 2.45) is 23.0 Å². The molecule has 0 fully saturated rings. The second-order valence-corrected chi connectivity index (χ2v) is 7.53. The van der Waals surface area contributed by atoms with E-state index in [0.717, 1.165) is 24.8 Å². The molecule has 3 rings (SSSR count). The van der Waals surface area contributed by atoms with Crippen molar-refractivity contribution in [2.45, 2.75) is 32.1 Å². The fraction of sp³-hybridized carbons (Fsp3) is 0.435. The molecule has 0 aliphatic heterocycles. The molecule has 0 bridgehead atoms. The number of hydrogen-bond acceptors (Lipinski definition) is 6. The van der Waals surface area contributed by atoms with Crippen molar-refractivity contribution in [1.29, 1.82) is 15.8 Å². The Labute approximate surface area is 171 Å². The Hall–Kier alpha value is -3.43. The molecule has 2 aliphatic carbocycles. The molecule has 148 valence electrons. The Balaban J connectivity index is 2.37. The minimum Gasteiger partial charge on any atom is -0.497 e. The molecule has 6 heteroatoms. The van der Waals surface area contributed by atoms with Crippen LogP contribution in [0.1, 0.15) is 37.7 Å². The maximum atomic E-state index is 10.2. The zero-order valence-corrected chi connectivity index (χ0v) is 16.9. The van der Waals surface area contributed by atoms with Crippen LogP contribution in [0.2, 0.25) is 0 Å². The van der Waals surface area contributed by atoms with Crippen molar-refractivity contribution >= 4 is 0 Å². The molecule has 0 aromatic heterocycles. The van der Waals surface area contributed by atoms with E-state index in [1.807, 2.05) is 6.07 Å². The Morgan fingerprint density at radius 2 is 1.90 bits per heavy atom. The number of rotatable bonds is 4. The van der Waals surface area contributed by atoms with E-state index in [4.69, 9.17) is 15.2 Å². The molecule has 3 atom stereocenters. The first-order chi connectivity index (χ1) is 14.0. The van der Waals surface area contributed by atoms with Crippen LogP contribution >= 0.6 is 0 Å². The number of hydrogen-bond donors (Lipinski definition) is 1. The first-order valence-electron chi connectivity index (χ1n) is 9.66. The van der Waals surface area contributed by atoms with Gasteiger partial charge in [-0.05, 0) is 48.4 Å². The third-order valence-electron chi connectivity index (χ3n) is 6.32. The predicted octanol–water partition coefficient (Wildman–Crippen LogP) is 3.93. The maximum absolute atomic E-state index is 10.2. The third-order valence-corrected chi connectivity index (χ3v) is 6.32. The second kappa shape index (κ2) is 7.90. The van der Waals surface area contributed by atoms with Crippen molar-refractivity contribution in [1.82, 2.24) is 0 Å². The van der Waals surface area contributed by atoms with Gasteiger partial charge in [-0.3, -0.25) is 0 Å². The van der Waals surface area contributed by atoms with Gasteiger partial charge in [0.15, 0.2) is 5.41 Å². The van der Waals surface area contributed by atoms with Crippen LogP contribution in [-0.2, 0) is 0 Å². The lowest BCUT2D eigenvalue weighted by Crippen LogP contribution is -2.43. The number of methoxy groups -OCH3 is 2. The Kier molecular flexibility index (Phi) is 5.53. The summed E-state index contributed by atoms with van der Waals surface area (Å²) >= 11 is 0. The van der Waals surface area contributed by atoms with E-state index in [1.54, 1.807) is 26.4 Å². The molecule has 0 unspecified atom stereocenters. The molecule has 0 saturated carbocycles. The maximum Gasteiger partial charge on any atom is 0.191 e. The molecule has 2 aliphatic rings. The summed E-state index contributed by atoms with van der Waals surface area (Å²) in [5, 5.41) is 30.1. The third kappa shape index (κ3) is 3.00. The first-order valence-corrected chi connectivity index (χ1v) is 9.66. The summed E-state index contributed by atoms with van der Waals surface area (Å²) < 4.78 is 11.0. The Morgan fingerprint density at radius 3 is 2.45 bits per heavy atom. The zero-order chi connectivity index (χ0) is 21.2. The highest BCUT2D eigenvalue weighted by atomic mass is 16.5. The Bertz CT molecular complexity index is 989. The van der Waals surface area contributed by atoms with Crippen LogP contribution in [0.15, 0.2) is 41.1 Å². The van der Waals surface area contributed by atoms with E-state index in [9.17, 15) is 15.8 Å². The largest absolute Gasteiger partial charge is 0.497 e. The summed E-state index contributed by atoms with van der Waals surface area (Å²) in [5.74, 6) is 0.831. The molecule has 0 spiro atoms. The molecule has 0 heterocycles. The van der Waals surface area contributed by atoms with Gasteiger partial charge in [0, 0.05) is 11.5 Å². The van der Waals surface area contributed by atoms with Gasteiger partial charge in [-0.2, -0.15) is 15.8 Å². The highest BCUT2D eigenvalue weighted by Crippen LogP contribution is 2.58. The highest BCUT2D eigenvalue weighted by molar-refractivity contribution is 5.61. The summed E-state index contributed by atoms with van der Waals surface area (Å²) in [6.07, 6.45) is 4.67. The van der Waals surface area contributed by atoms with Gasteiger partial charge in [-0.25, -0.2) is 0 Å². The predicted molar refractivity (Wildman–Crippen MR) is 107 cm³/mol. The summed E-state index contributed by atoms with van der Waals surface area (Å²) in [5.41, 5.74) is 6.52. The van der Waals surface area contributed by atoms with Crippen LogP contribution in [0.5, 0.6) is 11.5 Å². The molecule has 6 nitrogen and oxygen atoms in total. The van der Waals surface area contributed by atoms with Gasteiger partial charge in [0.05, 0.1) is 37.6 Å². The van der Waals surface area contributed by atoms with Gasteiger partial charge < -0.3 is 15.2 Å². The monoisotopic (exact) mass is 388 g/mol. The number of nitriles is 3. The molecule has 1 aromatic rings. The zero-order valence-electron chi connectivity index (χ0n) is 16.9. The molecule has 2 N–H and O–H groups in total. The average molecular weight is 388 g/mol. The number of benzene rings is 1. The lowest BCUT2D eigenvalue weighted by molar-refractivity contribution is 0.264. The van der Waals surface area contributed by atoms with Crippen LogP contribution in [-0.4, -0.2) is 14.2 Å². The van der Waals surface area contributed by atoms with Gasteiger partial charge >= 0.3 is 0 Å². The lowest BCUT2D eigenvalue weighted by Gasteiger charge is -2.45. The summed E-state index contributed by atoms with van der Waals surface area (Å²) in [7, 11) is 3.12. The van der Waals surface area contributed by atoms with Gasteiger partial charge in [0.2, 0.25) is 0 Å². The number of fused-ring (bicyclic) bond motifs is 1. The number of ether oxygens (including phenoxy) is 2. The van der Waals surface area contributed by atoms with Crippen LogP contribution in [0.25, 0.3) is 0 Å². The van der Waals surface area contributed by atoms with E-state index >= 15 is 0 Å². The molecule has 0 radical (unpaired) electrons. The number of nitrogens with two attached hydrogens (primary N) is 1. The normalized spacial score (nSPS) is 25.0. The molecular formula is C23H24N4O2. The van der Waals surface area contributed by atoms with Crippen molar-refractivity contribution in [3.05, 3.63) is 46.7 Å². The molecular weight excluding hydrogens is 364 g/mol. The van der Waals surface area contributed by atoms with Crippen molar-refractivity contribution < 1.29 is 9.47 Å². The smallest absolute Gasteiger partial charge is 0.191 e. The van der Waals surface area contributed by atoms with E-state index in [2.05, 4.69) is 31.2 Å². The number of allylic oxidation sites excluding steroid dienone is 4.